The maximum Gasteiger partial charge on any atom is 0.248 e. The zero-order chi connectivity index (χ0) is 13.8. The smallest absolute Gasteiger partial charge is 0.248 e. The Bertz CT molecular complexity index is 490. The van der Waals surface area contributed by atoms with Crippen molar-refractivity contribution in [2.75, 3.05) is 13.1 Å². The molecule has 0 saturated carbocycles. The van der Waals surface area contributed by atoms with Crippen molar-refractivity contribution in [1.29, 1.82) is 0 Å². The molecule has 0 aromatic heterocycles. The largest absolute Gasteiger partial charge is 0.381 e. The van der Waals surface area contributed by atoms with Crippen LogP contribution in [-0.4, -0.2) is 36.1 Å². The summed E-state index contributed by atoms with van der Waals surface area (Å²) < 4.78 is 0. The third-order valence-electron chi connectivity index (χ3n) is 3.17. The Hall–Kier alpha value is -1.92. The fraction of sp³-hybridized carbons (Fsp3) is 0.385. The third-order valence-corrected chi connectivity index (χ3v) is 3.17. The number of amides is 2. The molecule has 1 aliphatic rings. The number of fused-ring (bicyclic) bond motifs is 1. The van der Waals surface area contributed by atoms with E-state index in [-0.39, 0.29) is 12.5 Å². The normalized spacial score (nSPS) is 19.3. The Kier molecular flexibility index (Phi) is 4.13. The van der Waals surface area contributed by atoms with Crippen LogP contribution in [0.15, 0.2) is 24.3 Å². The molecular formula is C13H17N3O3. The molecular weight excluding hydrogens is 246 g/mol. The van der Waals surface area contributed by atoms with Gasteiger partial charge in [0.2, 0.25) is 11.8 Å². The summed E-state index contributed by atoms with van der Waals surface area (Å²) in [6.07, 6.45) is -0.480. The van der Waals surface area contributed by atoms with Crippen molar-refractivity contribution in [3.63, 3.8) is 0 Å². The maximum absolute atomic E-state index is 12.1. The quantitative estimate of drug-likeness (QED) is 0.549. The van der Waals surface area contributed by atoms with E-state index >= 15 is 0 Å². The van der Waals surface area contributed by atoms with E-state index in [1.807, 2.05) is 24.3 Å². The lowest BCUT2D eigenvalue weighted by atomic mass is 9.94. The van der Waals surface area contributed by atoms with Gasteiger partial charge in [-0.25, -0.2) is 0 Å². The van der Waals surface area contributed by atoms with Gasteiger partial charge in [0, 0.05) is 6.54 Å². The first kappa shape index (κ1) is 13.5. The van der Waals surface area contributed by atoms with Crippen molar-refractivity contribution in [2.45, 2.75) is 18.6 Å². The van der Waals surface area contributed by atoms with Crippen LogP contribution in [0, 0.1) is 0 Å². The molecule has 1 heterocycles. The number of aliphatic hydroxyl groups is 1. The first-order valence-electron chi connectivity index (χ1n) is 6.16. The Morgan fingerprint density at radius 3 is 2.95 bits per heavy atom. The summed E-state index contributed by atoms with van der Waals surface area (Å²) in [5.41, 5.74) is 6.99. The molecule has 2 atom stereocenters. The van der Waals surface area contributed by atoms with Gasteiger partial charge in [-0.3, -0.25) is 9.59 Å². The zero-order valence-electron chi connectivity index (χ0n) is 10.4. The Morgan fingerprint density at radius 1 is 1.47 bits per heavy atom. The first-order chi connectivity index (χ1) is 9.09. The highest BCUT2D eigenvalue weighted by Crippen LogP contribution is 2.22. The monoisotopic (exact) mass is 263 g/mol. The fourth-order valence-electron chi connectivity index (χ4n) is 2.14. The SMILES string of the molecule is NC(=O)C(O)CNC(=O)C1NCCc2ccccc21. The molecule has 0 saturated heterocycles. The molecule has 0 fully saturated rings. The predicted molar refractivity (Wildman–Crippen MR) is 69.1 cm³/mol. The third kappa shape index (κ3) is 3.10. The molecule has 0 aliphatic carbocycles. The van der Waals surface area contributed by atoms with Crippen molar-refractivity contribution in [2.24, 2.45) is 5.73 Å². The van der Waals surface area contributed by atoms with Crippen LogP contribution in [0.4, 0.5) is 0 Å². The first-order valence-corrected chi connectivity index (χ1v) is 6.16. The molecule has 0 radical (unpaired) electrons. The number of nitrogens with one attached hydrogen (secondary N) is 2. The van der Waals surface area contributed by atoms with Crippen molar-refractivity contribution in [3.05, 3.63) is 35.4 Å². The molecule has 5 N–H and O–H groups in total. The topological polar surface area (TPSA) is 104 Å². The second-order valence-corrected chi connectivity index (χ2v) is 4.50. The molecule has 2 rings (SSSR count). The van der Waals surface area contributed by atoms with Gasteiger partial charge in [0.15, 0.2) is 0 Å². The highest BCUT2D eigenvalue weighted by atomic mass is 16.3. The van der Waals surface area contributed by atoms with Gasteiger partial charge < -0.3 is 21.5 Å². The van der Waals surface area contributed by atoms with Gasteiger partial charge in [-0.1, -0.05) is 24.3 Å². The molecule has 1 aromatic carbocycles. The number of carbonyl (C=O) groups is 2. The zero-order valence-corrected chi connectivity index (χ0v) is 10.4. The number of rotatable bonds is 4. The minimum Gasteiger partial charge on any atom is -0.381 e. The van der Waals surface area contributed by atoms with Gasteiger partial charge in [0.25, 0.3) is 0 Å². The van der Waals surface area contributed by atoms with E-state index in [9.17, 15) is 14.7 Å². The van der Waals surface area contributed by atoms with E-state index in [4.69, 9.17) is 5.73 Å². The Morgan fingerprint density at radius 2 is 2.21 bits per heavy atom. The number of hydrogen-bond acceptors (Lipinski definition) is 4. The number of primary amides is 1. The number of carbonyl (C=O) groups excluding carboxylic acids is 2. The van der Waals surface area contributed by atoms with Gasteiger partial charge in [0.1, 0.15) is 12.1 Å². The van der Waals surface area contributed by atoms with Crippen LogP contribution in [0.2, 0.25) is 0 Å². The Labute approximate surface area is 111 Å². The Balaban J connectivity index is 2.03. The van der Waals surface area contributed by atoms with Gasteiger partial charge >= 0.3 is 0 Å². The van der Waals surface area contributed by atoms with Crippen molar-refractivity contribution in [3.8, 4) is 0 Å². The molecule has 1 aliphatic heterocycles. The van der Waals surface area contributed by atoms with Crippen LogP contribution in [0.25, 0.3) is 0 Å². The van der Waals surface area contributed by atoms with E-state index in [0.29, 0.717) is 6.54 Å². The van der Waals surface area contributed by atoms with E-state index < -0.39 is 18.1 Å². The molecule has 102 valence electrons. The number of nitrogens with two attached hydrogens (primary N) is 1. The molecule has 0 spiro atoms. The van der Waals surface area contributed by atoms with Crippen molar-refractivity contribution < 1.29 is 14.7 Å². The second kappa shape index (κ2) is 5.81. The van der Waals surface area contributed by atoms with Crippen LogP contribution in [0.3, 0.4) is 0 Å². The molecule has 2 amide bonds. The van der Waals surface area contributed by atoms with Crippen LogP contribution in [-0.2, 0) is 16.0 Å². The minimum atomic E-state index is -1.36. The minimum absolute atomic E-state index is 0.172. The summed E-state index contributed by atoms with van der Waals surface area (Å²) >= 11 is 0. The molecule has 0 bridgehead atoms. The number of hydrogen-bond donors (Lipinski definition) is 4. The molecule has 1 aromatic rings. The van der Waals surface area contributed by atoms with Gasteiger partial charge in [0.05, 0.1) is 6.54 Å². The van der Waals surface area contributed by atoms with Crippen LogP contribution >= 0.6 is 0 Å². The van der Waals surface area contributed by atoms with E-state index in [1.54, 1.807) is 0 Å². The second-order valence-electron chi connectivity index (χ2n) is 4.50. The predicted octanol–water partition coefficient (Wildman–Crippen LogP) is -1.16. The average Bonchev–Trinajstić information content (AvgIpc) is 2.43. The number of aliphatic hydroxyl groups excluding tert-OH is 1. The maximum atomic E-state index is 12.1. The van der Waals surface area contributed by atoms with Crippen molar-refractivity contribution in [1.82, 2.24) is 10.6 Å². The van der Waals surface area contributed by atoms with Gasteiger partial charge in [-0.05, 0) is 17.5 Å². The summed E-state index contributed by atoms with van der Waals surface area (Å²) in [7, 11) is 0. The summed E-state index contributed by atoms with van der Waals surface area (Å²) in [6.45, 7) is 0.544. The lowest BCUT2D eigenvalue weighted by Gasteiger charge is -2.26. The molecule has 2 unspecified atom stereocenters. The standard InChI is InChI=1S/C13H17N3O3/c14-12(18)10(17)7-16-13(19)11-9-4-2-1-3-8(9)5-6-15-11/h1-4,10-11,15,17H,5-7H2,(H2,14,18)(H,16,19). The fourth-order valence-corrected chi connectivity index (χ4v) is 2.14. The van der Waals surface area contributed by atoms with E-state index in [1.165, 1.54) is 0 Å². The van der Waals surface area contributed by atoms with Crippen molar-refractivity contribution >= 4 is 11.8 Å². The molecule has 6 nitrogen and oxygen atoms in total. The molecule has 19 heavy (non-hydrogen) atoms. The lowest BCUT2D eigenvalue weighted by Crippen LogP contribution is -2.45. The van der Waals surface area contributed by atoms with Gasteiger partial charge in [-0.15, -0.1) is 0 Å². The van der Waals surface area contributed by atoms with Gasteiger partial charge in [-0.2, -0.15) is 0 Å². The average molecular weight is 263 g/mol. The number of benzene rings is 1. The van der Waals surface area contributed by atoms with E-state index in [0.717, 1.165) is 17.5 Å². The molecule has 6 heteroatoms. The lowest BCUT2D eigenvalue weighted by molar-refractivity contribution is -0.127. The highest BCUT2D eigenvalue weighted by Gasteiger charge is 2.26. The summed E-state index contributed by atoms with van der Waals surface area (Å²) in [4.78, 5) is 22.7. The summed E-state index contributed by atoms with van der Waals surface area (Å²) in [5.74, 6) is -1.12. The van der Waals surface area contributed by atoms with Crippen LogP contribution < -0.4 is 16.4 Å². The highest BCUT2D eigenvalue weighted by molar-refractivity contribution is 5.85. The van der Waals surface area contributed by atoms with E-state index in [2.05, 4.69) is 10.6 Å². The summed E-state index contributed by atoms with van der Waals surface area (Å²) in [5, 5.41) is 14.9. The van der Waals surface area contributed by atoms with Crippen LogP contribution in [0.1, 0.15) is 17.2 Å². The van der Waals surface area contributed by atoms with Crippen LogP contribution in [0.5, 0.6) is 0 Å². The summed E-state index contributed by atoms with van der Waals surface area (Å²) in [6, 6.07) is 7.26.